The number of carboxylic acid groups (broad SMARTS) is 1. The highest BCUT2D eigenvalue weighted by molar-refractivity contribution is 5.78. The molecule has 0 aromatic heterocycles. The molecule has 4 fully saturated rings. The molecule has 5 aliphatic rings. The first-order valence-corrected chi connectivity index (χ1v) is 20.1. The lowest BCUT2D eigenvalue weighted by Gasteiger charge is -2.71. The van der Waals surface area contributed by atoms with E-state index in [2.05, 4.69) is 59.9 Å². The van der Waals surface area contributed by atoms with Crippen molar-refractivity contribution in [2.45, 2.75) is 145 Å². The van der Waals surface area contributed by atoms with Gasteiger partial charge in [-0.15, -0.1) is 0 Å². The van der Waals surface area contributed by atoms with E-state index in [1.807, 2.05) is 13.8 Å². The Kier molecular flexibility index (Phi) is 11.5. The number of rotatable bonds is 12. The molecule has 52 heavy (non-hydrogen) atoms. The molecule has 0 aromatic rings. The SMILES string of the molecule is CC(=O)O[C@@H]1C[C@]23COC[C@](C)([C@@H]2CC[C@H]2C3=CC[C@@]3(C)[C@H](C(=O)O)[C@@](C)([C@H](C)C(C)C)CC[C@]23C)[C@H]1OC(=O)C(N)CCCCNC(=O)C(C)C. The van der Waals surface area contributed by atoms with E-state index in [0.29, 0.717) is 57.8 Å². The van der Waals surface area contributed by atoms with Crippen molar-refractivity contribution in [2.75, 3.05) is 19.8 Å². The predicted molar refractivity (Wildman–Crippen MR) is 199 cm³/mol. The third-order valence-electron chi connectivity index (χ3n) is 15.7. The second kappa shape index (κ2) is 14.6. The molecular weight excluding hydrogens is 660 g/mol. The number of esters is 2. The zero-order valence-electron chi connectivity index (χ0n) is 33.6. The highest BCUT2D eigenvalue weighted by Crippen LogP contribution is 2.75. The third-order valence-corrected chi connectivity index (χ3v) is 15.7. The summed E-state index contributed by atoms with van der Waals surface area (Å²) in [5.74, 6) is -1.25. The minimum Gasteiger partial charge on any atom is -0.481 e. The first kappa shape index (κ1) is 40.7. The molecule has 0 radical (unpaired) electrons. The molecule has 1 heterocycles. The minimum atomic E-state index is -0.842. The van der Waals surface area contributed by atoms with E-state index in [9.17, 15) is 24.3 Å². The van der Waals surface area contributed by atoms with Gasteiger partial charge in [0.05, 0.1) is 19.1 Å². The molecule has 10 nitrogen and oxygen atoms in total. The van der Waals surface area contributed by atoms with Crippen LogP contribution in [0.15, 0.2) is 11.6 Å². The molecule has 5 rings (SSSR count). The number of hydrogen-bond acceptors (Lipinski definition) is 8. The summed E-state index contributed by atoms with van der Waals surface area (Å²) in [6.07, 6.45) is 7.54. The molecular formula is C42H68N2O8. The number of fused-ring (bicyclic) bond motifs is 3. The molecule has 4 N–H and O–H groups in total. The summed E-state index contributed by atoms with van der Waals surface area (Å²) < 4.78 is 18.9. The van der Waals surface area contributed by atoms with Gasteiger partial charge in [0.25, 0.3) is 0 Å². The van der Waals surface area contributed by atoms with Gasteiger partial charge in [-0.05, 0) is 97.7 Å². The minimum absolute atomic E-state index is 0.000134. The Labute approximate surface area is 312 Å². The lowest BCUT2D eigenvalue weighted by atomic mass is 9.34. The topological polar surface area (TPSA) is 154 Å². The van der Waals surface area contributed by atoms with Crippen molar-refractivity contribution in [1.29, 1.82) is 0 Å². The number of carboxylic acids is 1. The fraction of sp³-hybridized carbons (Fsp3) is 0.857. The number of hydrogen-bond donors (Lipinski definition) is 3. The summed E-state index contributed by atoms with van der Waals surface area (Å²) in [5, 5.41) is 13.9. The average Bonchev–Trinajstić information content (AvgIpc) is 3.05. The third kappa shape index (κ3) is 6.53. The number of allylic oxidation sites excluding steroid dienone is 1. The van der Waals surface area contributed by atoms with Crippen molar-refractivity contribution < 1.29 is 38.5 Å². The summed E-state index contributed by atoms with van der Waals surface area (Å²) in [5.41, 5.74) is 5.67. The van der Waals surface area contributed by atoms with Gasteiger partial charge in [0.2, 0.25) is 5.91 Å². The molecule has 3 saturated carbocycles. The van der Waals surface area contributed by atoms with E-state index in [1.165, 1.54) is 12.5 Å². The number of aliphatic carboxylic acids is 1. The first-order chi connectivity index (χ1) is 24.2. The van der Waals surface area contributed by atoms with E-state index < -0.39 is 58.3 Å². The number of ether oxygens (including phenoxy) is 3. The van der Waals surface area contributed by atoms with Gasteiger partial charge in [-0.1, -0.05) is 74.0 Å². The summed E-state index contributed by atoms with van der Waals surface area (Å²) in [7, 11) is 0. The Morgan fingerprint density at radius 3 is 2.29 bits per heavy atom. The van der Waals surface area contributed by atoms with Crippen molar-refractivity contribution in [2.24, 2.45) is 68.3 Å². The van der Waals surface area contributed by atoms with Crippen LogP contribution in [0.2, 0.25) is 0 Å². The van der Waals surface area contributed by atoms with Crippen LogP contribution in [0.25, 0.3) is 0 Å². The molecule has 12 atom stereocenters. The zero-order valence-corrected chi connectivity index (χ0v) is 33.6. The highest BCUT2D eigenvalue weighted by Gasteiger charge is 2.72. The number of carbonyl (C=O) groups is 4. The number of amides is 1. The Balaban J connectivity index is 1.43. The Bertz CT molecular complexity index is 1430. The van der Waals surface area contributed by atoms with E-state index in [4.69, 9.17) is 19.9 Å². The Morgan fingerprint density at radius 2 is 1.67 bits per heavy atom. The molecule has 1 unspecified atom stereocenters. The van der Waals surface area contributed by atoms with E-state index in [-0.39, 0.29) is 40.4 Å². The average molecular weight is 729 g/mol. The number of nitrogens with one attached hydrogen (secondary N) is 1. The first-order valence-electron chi connectivity index (χ1n) is 20.1. The fourth-order valence-corrected chi connectivity index (χ4v) is 12.3. The van der Waals surface area contributed by atoms with Crippen LogP contribution in [0.3, 0.4) is 0 Å². The van der Waals surface area contributed by atoms with Crippen LogP contribution in [0.4, 0.5) is 0 Å². The molecule has 1 amide bonds. The van der Waals surface area contributed by atoms with E-state index in [1.54, 1.807) is 0 Å². The smallest absolute Gasteiger partial charge is 0.323 e. The Morgan fingerprint density at radius 1 is 0.981 bits per heavy atom. The van der Waals surface area contributed by atoms with Crippen molar-refractivity contribution in [3.05, 3.63) is 11.6 Å². The zero-order chi connectivity index (χ0) is 38.6. The molecule has 1 aliphatic heterocycles. The van der Waals surface area contributed by atoms with Gasteiger partial charge in [-0.2, -0.15) is 0 Å². The number of carbonyl (C=O) groups excluding carboxylic acids is 3. The fourth-order valence-electron chi connectivity index (χ4n) is 12.3. The highest BCUT2D eigenvalue weighted by atomic mass is 16.6. The quantitative estimate of drug-likeness (QED) is 0.113. The van der Waals surface area contributed by atoms with Crippen molar-refractivity contribution in [3.8, 4) is 0 Å². The van der Waals surface area contributed by atoms with Crippen LogP contribution < -0.4 is 11.1 Å². The molecule has 1 saturated heterocycles. The molecule has 10 heteroatoms. The monoisotopic (exact) mass is 728 g/mol. The predicted octanol–water partition coefficient (Wildman–Crippen LogP) is 6.69. The van der Waals surface area contributed by atoms with Crippen molar-refractivity contribution in [1.82, 2.24) is 5.32 Å². The van der Waals surface area contributed by atoms with Crippen LogP contribution in [0, 0.1) is 62.6 Å². The van der Waals surface area contributed by atoms with Gasteiger partial charge < -0.3 is 30.4 Å². The standard InChI is InChI=1S/C42H68N2O8/c1-24(2)26(5)38(7)18-19-40(9)28-14-15-32-39(8)22-50-23-42(32,29(28)16-17-41(40,10)33(38)36(47)48)21-31(51-27(6)45)34(39)52-37(49)30(43)13-11-12-20-44-35(46)25(3)4/h16,24-26,28,30-34H,11-15,17-23,43H2,1-10H3,(H,44,46)(H,47,48)/t26-,28+,30?,31-,32+,33-,34+,38-,39-,40-,41+,42-/m1/s1. The Hall–Kier alpha value is -2.46. The second-order valence-electron chi connectivity index (χ2n) is 19.1. The van der Waals surface area contributed by atoms with Gasteiger partial charge in [0.15, 0.2) is 0 Å². The molecule has 2 bridgehead atoms. The molecule has 294 valence electrons. The number of nitrogens with two attached hydrogens (primary N) is 1. The van der Waals surface area contributed by atoms with Gasteiger partial charge in [-0.25, -0.2) is 0 Å². The van der Waals surface area contributed by atoms with Crippen LogP contribution in [0.1, 0.15) is 127 Å². The van der Waals surface area contributed by atoms with E-state index in [0.717, 1.165) is 25.7 Å². The maximum Gasteiger partial charge on any atom is 0.323 e. The van der Waals surface area contributed by atoms with Crippen LogP contribution in [-0.2, 0) is 33.4 Å². The van der Waals surface area contributed by atoms with Crippen molar-refractivity contribution in [3.63, 3.8) is 0 Å². The maximum atomic E-state index is 13.6. The lowest BCUT2D eigenvalue weighted by Crippen LogP contribution is -2.70. The van der Waals surface area contributed by atoms with Crippen molar-refractivity contribution >= 4 is 23.8 Å². The maximum absolute atomic E-state index is 13.6. The number of unbranched alkanes of at least 4 members (excludes halogenated alkanes) is 1. The summed E-state index contributed by atoms with van der Waals surface area (Å²) in [6, 6.07) is -0.842. The second-order valence-corrected chi connectivity index (χ2v) is 19.1. The summed E-state index contributed by atoms with van der Waals surface area (Å²) in [6.45, 7) is 22.1. The summed E-state index contributed by atoms with van der Waals surface area (Å²) in [4.78, 5) is 51.5. The van der Waals surface area contributed by atoms with Gasteiger partial charge in [-0.3, -0.25) is 19.2 Å². The van der Waals surface area contributed by atoms with Crippen LogP contribution >= 0.6 is 0 Å². The van der Waals surface area contributed by atoms with Gasteiger partial charge >= 0.3 is 17.9 Å². The van der Waals surface area contributed by atoms with E-state index >= 15 is 0 Å². The van der Waals surface area contributed by atoms with Gasteiger partial charge in [0.1, 0.15) is 18.2 Å². The lowest BCUT2D eigenvalue weighted by molar-refractivity contribution is -0.263. The molecule has 0 aromatic carbocycles. The normalized spacial score (nSPS) is 40.7. The summed E-state index contributed by atoms with van der Waals surface area (Å²) >= 11 is 0. The molecule has 4 aliphatic carbocycles. The van der Waals surface area contributed by atoms with Crippen LogP contribution in [0.5, 0.6) is 0 Å². The molecule has 0 spiro atoms. The van der Waals surface area contributed by atoms with Gasteiger partial charge in [0, 0.05) is 30.2 Å². The largest absolute Gasteiger partial charge is 0.481 e. The van der Waals surface area contributed by atoms with Crippen LogP contribution in [-0.4, -0.2) is 66.9 Å².